The van der Waals surface area contributed by atoms with E-state index in [2.05, 4.69) is 5.32 Å². The monoisotopic (exact) mass is 213 g/mol. The number of nitrogens with zero attached hydrogens (tertiary/aromatic N) is 1. The van der Waals surface area contributed by atoms with Crippen LogP contribution in [0.3, 0.4) is 0 Å². The Morgan fingerprint density at radius 2 is 2.27 bits per heavy atom. The minimum absolute atomic E-state index is 0.00722. The van der Waals surface area contributed by atoms with E-state index in [-0.39, 0.29) is 30.9 Å². The van der Waals surface area contributed by atoms with Gasteiger partial charge in [-0.1, -0.05) is 0 Å². The smallest absolute Gasteiger partial charge is 0.240 e. The molecular formula is C9H15N3O3. The van der Waals surface area contributed by atoms with Crippen LogP contribution in [-0.4, -0.2) is 41.8 Å². The van der Waals surface area contributed by atoms with Crippen molar-refractivity contribution in [3.63, 3.8) is 0 Å². The third-order valence-electron chi connectivity index (χ3n) is 2.40. The van der Waals surface area contributed by atoms with Crippen molar-refractivity contribution in [1.82, 2.24) is 10.2 Å². The predicted molar refractivity (Wildman–Crippen MR) is 52.6 cm³/mol. The Morgan fingerprint density at radius 1 is 1.60 bits per heavy atom. The summed E-state index contributed by atoms with van der Waals surface area (Å²) < 4.78 is 0. The Balaban J connectivity index is 2.37. The summed E-state index contributed by atoms with van der Waals surface area (Å²) in [5.41, 5.74) is 4.87. The number of hydrogen-bond donors (Lipinski definition) is 2. The van der Waals surface area contributed by atoms with Crippen LogP contribution < -0.4 is 11.1 Å². The molecule has 0 aromatic heterocycles. The minimum atomic E-state index is -0.593. The van der Waals surface area contributed by atoms with Crippen LogP contribution in [-0.2, 0) is 14.4 Å². The van der Waals surface area contributed by atoms with Gasteiger partial charge in [0.1, 0.15) is 0 Å². The summed E-state index contributed by atoms with van der Waals surface area (Å²) in [4.78, 5) is 34.5. The van der Waals surface area contributed by atoms with Gasteiger partial charge in [0.25, 0.3) is 0 Å². The van der Waals surface area contributed by atoms with Crippen LogP contribution in [0.4, 0.5) is 0 Å². The molecule has 1 fully saturated rings. The summed E-state index contributed by atoms with van der Waals surface area (Å²) >= 11 is 0. The van der Waals surface area contributed by atoms with Crippen LogP contribution in [0.1, 0.15) is 19.8 Å². The molecule has 1 aliphatic rings. The fourth-order valence-corrected chi connectivity index (χ4v) is 1.52. The van der Waals surface area contributed by atoms with E-state index in [0.717, 1.165) is 6.42 Å². The van der Waals surface area contributed by atoms with E-state index in [9.17, 15) is 14.4 Å². The molecular weight excluding hydrogens is 198 g/mol. The van der Waals surface area contributed by atoms with Crippen molar-refractivity contribution in [2.24, 2.45) is 5.73 Å². The highest BCUT2D eigenvalue weighted by Gasteiger charge is 2.28. The molecule has 0 saturated carbocycles. The molecule has 1 heterocycles. The standard InChI is InChI=1S/C9H15N3O3/c1-6-2-3-9(15)12(6)5-8(14)11-4-7(10)13/h6H,2-5H2,1H3,(H2,10,13)(H,11,14). The Hall–Kier alpha value is -1.59. The number of likely N-dealkylation sites (tertiary alicyclic amines) is 1. The number of nitrogens with one attached hydrogen (secondary N) is 1. The molecule has 6 heteroatoms. The summed E-state index contributed by atoms with van der Waals surface area (Å²) in [5, 5.41) is 2.34. The second-order valence-corrected chi connectivity index (χ2v) is 3.65. The maximum absolute atomic E-state index is 11.3. The first-order valence-corrected chi connectivity index (χ1v) is 4.85. The molecule has 84 valence electrons. The number of hydrogen-bond acceptors (Lipinski definition) is 3. The zero-order valence-electron chi connectivity index (χ0n) is 8.66. The average Bonchev–Trinajstić information content (AvgIpc) is 2.46. The molecule has 0 bridgehead atoms. The van der Waals surface area contributed by atoms with Crippen molar-refractivity contribution in [2.45, 2.75) is 25.8 Å². The van der Waals surface area contributed by atoms with Crippen molar-refractivity contribution in [2.75, 3.05) is 13.1 Å². The van der Waals surface area contributed by atoms with E-state index >= 15 is 0 Å². The highest BCUT2D eigenvalue weighted by molar-refractivity contribution is 5.88. The van der Waals surface area contributed by atoms with Gasteiger partial charge in [0.15, 0.2) is 0 Å². The highest BCUT2D eigenvalue weighted by Crippen LogP contribution is 2.16. The van der Waals surface area contributed by atoms with Crippen molar-refractivity contribution in [3.05, 3.63) is 0 Å². The summed E-state index contributed by atoms with van der Waals surface area (Å²) in [6.07, 6.45) is 1.27. The van der Waals surface area contributed by atoms with Crippen LogP contribution in [0.2, 0.25) is 0 Å². The molecule has 1 rings (SSSR count). The largest absolute Gasteiger partial charge is 0.368 e. The third-order valence-corrected chi connectivity index (χ3v) is 2.40. The first-order chi connectivity index (χ1) is 7.00. The minimum Gasteiger partial charge on any atom is -0.368 e. The molecule has 15 heavy (non-hydrogen) atoms. The van der Waals surface area contributed by atoms with E-state index in [1.54, 1.807) is 0 Å². The van der Waals surface area contributed by atoms with Crippen molar-refractivity contribution in [1.29, 1.82) is 0 Å². The number of rotatable bonds is 4. The van der Waals surface area contributed by atoms with Crippen LogP contribution in [0, 0.1) is 0 Å². The fourth-order valence-electron chi connectivity index (χ4n) is 1.52. The summed E-state index contributed by atoms with van der Waals surface area (Å²) in [6, 6.07) is 0.0943. The maximum Gasteiger partial charge on any atom is 0.240 e. The lowest BCUT2D eigenvalue weighted by Gasteiger charge is -2.20. The van der Waals surface area contributed by atoms with Crippen molar-refractivity contribution < 1.29 is 14.4 Å². The summed E-state index contributed by atoms with van der Waals surface area (Å²) in [7, 11) is 0. The lowest BCUT2D eigenvalue weighted by molar-refractivity contribution is -0.134. The van der Waals surface area contributed by atoms with E-state index in [0.29, 0.717) is 6.42 Å². The van der Waals surface area contributed by atoms with Gasteiger partial charge in [-0.05, 0) is 13.3 Å². The number of primary amides is 1. The van der Waals surface area contributed by atoms with E-state index in [4.69, 9.17) is 5.73 Å². The number of carbonyl (C=O) groups excluding carboxylic acids is 3. The molecule has 0 aromatic carbocycles. The topological polar surface area (TPSA) is 92.5 Å². The van der Waals surface area contributed by atoms with Gasteiger partial charge in [-0.2, -0.15) is 0 Å². The van der Waals surface area contributed by atoms with Gasteiger partial charge in [0.2, 0.25) is 17.7 Å². The Labute approximate surface area is 87.8 Å². The molecule has 1 atom stereocenters. The number of carbonyl (C=O) groups is 3. The van der Waals surface area contributed by atoms with Gasteiger partial charge in [-0.3, -0.25) is 14.4 Å². The van der Waals surface area contributed by atoms with E-state index < -0.39 is 5.91 Å². The quantitative estimate of drug-likeness (QED) is 0.601. The molecule has 0 aliphatic carbocycles. The van der Waals surface area contributed by atoms with Gasteiger partial charge in [-0.25, -0.2) is 0 Å². The van der Waals surface area contributed by atoms with E-state index in [1.165, 1.54) is 4.90 Å². The zero-order valence-corrected chi connectivity index (χ0v) is 8.66. The molecule has 0 aromatic rings. The van der Waals surface area contributed by atoms with Crippen LogP contribution in [0.5, 0.6) is 0 Å². The van der Waals surface area contributed by atoms with Crippen molar-refractivity contribution >= 4 is 17.7 Å². The predicted octanol–water partition coefficient (Wildman–Crippen LogP) is -1.40. The molecule has 6 nitrogen and oxygen atoms in total. The second kappa shape index (κ2) is 4.77. The van der Waals surface area contributed by atoms with Gasteiger partial charge < -0.3 is 16.0 Å². The molecule has 1 aliphatic heterocycles. The van der Waals surface area contributed by atoms with Gasteiger partial charge in [0.05, 0.1) is 13.1 Å². The van der Waals surface area contributed by atoms with Crippen LogP contribution >= 0.6 is 0 Å². The first kappa shape index (κ1) is 11.5. The molecule has 3 amide bonds. The van der Waals surface area contributed by atoms with Gasteiger partial charge in [0, 0.05) is 12.5 Å². The SMILES string of the molecule is CC1CCC(=O)N1CC(=O)NCC(N)=O. The molecule has 0 spiro atoms. The highest BCUT2D eigenvalue weighted by atomic mass is 16.2. The molecule has 1 saturated heterocycles. The third kappa shape index (κ3) is 3.23. The zero-order chi connectivity index (χ0) is 11.4. The molecule has 1 unspecified atom stereocenters. The van der Waals surface area contributed by atoms with Crippen molar-refractivity contribution in [3.8, 4) is 0 Å². The molecule has 0 radical (unpaired) electrons. The normalized spacial score (nSPS) is 20.5. The lowest BCUT2D eigenvalue weighted by atomic mass is 10.2. The number of nitrogens with two attached hydrogens (primary N) is 1. The average molecular weight is 213 g/mol. The second-order valence-electron chi connectivity index (χ2n) is 3.65. The fraction of sp³-hybridized carbons (Fsp3) is 0.667. The van der Waals surface area contributed by atoms with Gasteiger partial charge in [-0.15, -0.1) is 0 Å². The summed E-state index contributed by atoms with van der Waals surface area (Å²) in [5.74, 6) is -0.961. The lowest BCUT2D eigenvalue weighted by Crippen LogP contribution is -2.43. The van der Waals surface area contributed by atoms with Crippen LogP contribution in [0.25, 0.3) is 0 Å². The first-order valence-electron chi connectivity index (χ1n) is 4.85. The maximum atomic E-state index is 11.3. The molecule has 3 N–H and O–H groups in total. The van der Waals surface area contributed by atoms with Crippen LogP contribution in [0.15, 0.2) is 0 Å². The Morgan fingerprint density at radius 3 is 2.73 bits per heavy atom. The van der Waals surface area contributed by atoms with E-state index in [1.807, 2.05) is 6.92 Å². The number of amides is 3. The Bertz CT molecular complexity index is 290. The summed E-state index contributed by atoms with van der Waals surface area (Å²) in [6.45, 7) is 1.72. The van der Waals surface area contributed by atoms with Gasteiger partial charge >= 0.3 is 0 Å². The Kier molecular flexibility index (Phi) is 3.65.